The molecule has 15 heavy (non-hydrogen) atoms. The third-order valence-corrected chi connectivity index (χ3v) is 4.89. The second-order valence-electron chi connectivity index (χ2n) is 5.72. The lowest BCUT2D eigenvalue weighted by Crippen LogP contribution is -2.53. The second kappa shape index (κ2) is 3.48. The van der Waals surface area contributed by atoms with E-state index in [-0.39, 0.29) is 5.54 Å². The smallest absolute Gasteiger partial charge is 0.303 e. The first-order valence-electron chi connectivity index (χ1n) is 5.97. The molecule has 3 fully saturated rings. The van der Waals surface area contributed by atoms with Gasteiger partial charge in [-0.3, -0.25) is 4.79 Å². The standard InChI is InChI=1S/C12H21NO2/c1-9(8-10(14)15)11-2-5-12(13,6-3-11)7-4-11/h9H,2-8,13H2,1H3,(H,14,15)/t9-,11?,12?/m0/s1. The van der Waals surface area contributed by atoms with Crippen LogP contribution in [0.2, 0.25) is 0 Å². The molecule has 0 aromatic rings. The largest absolute Gasteiger partial charge is 0.481 e. The third-order valence-electron chi connectivity index (χ3n) is 4.89. The van der Waals surface area contributed by atoms with Gasteiger partial charge in [0.15, 0.2) is 0 Å². The van der Waals surface area contributed by atoms with E-state index in [0.29, 0.717) is 17.8 Å². The van der Waals surface area contributed by atoms with Crippen LogP contribution in [0.4, 0.5) is 0 Å². The fourth-order valence-electron chi connectivity index (χ4n) is 3.46. The molecular formula is C12H21NO2. The summed E-state index contributed by atoms with van der Waals surface area (Å²) in [7, 11) is 0. The maximum absolute atomic E-state index is 10.8. The SMILES string of the molecule is C[C@@H](CC(=O)O)C12CCC(N)(CC1)CC2. The topological polar surface area (TPSA) is 63.3 Å². The Morgan fingerprint density at radius 3 is 2.13 bits per heavy atom. The maximum atomic E-state index is 10.8. The second-order valence-corrected chi connectivity index (χ2v) is 5.72. The minimum Gasteiger partial charge on any atom is -0.481 e. The van der Waals surface area contributed by atoms with E-state index in [4.69, 9.17) is 10.8 Å². The summed E-state index contributed by atoms with van der Waals surface area (Å²) in [5.41, 5.74) is 6.62. The zero-order valence-corrected chi connectivity index (χ0v) is 9.46. The van der Waals surface area contributed by atoms with E-state index < -0.39 is 5.97 Å². The van der Waals surface area contributed by atoms with Crippen LogP contribution in [0.3, 0.4) is 0 Å². The van der Waals surface area contributed by atoms with Crippen molar-refractivity contribution in [1.29, 1.82) is 0 Å². The van der Waals surface area contributed by atoms with Crippen LogP contribution in [0.25, 0.3) is 0 Å². The van der Waals surface area contributed by atoms with Gasteiger partial charge in [-0.1, -0.05) is 6.92 Å². The summed E-state index contributed by atoms with van der Waals surface area (Å²) in [6, 6.07) is 0. The number of aliphatic carboxylic acids is 1. The van der Waals surface area contributed by atoms with Crippen LogP contribution in [-0.4, -0.2) is 16.6 Å². The Hall–Kier alpha value is -0.570. The Bertz CT molecular complexity index is 250. The Labute approximate surface area is 91.0 Å². The predicted molar refractivity (Wildman–Crippen MR) is 58.5 cm³/mol. The monoisotopic (exact) mass is 211 g/mol. The first-order chi connectivity index (χ1) is 6.96. The van der Waals surface area contributed by atoms with Gasteiger partial charge in [0.1, 0.15) is 0 Å². The number of rotatable bonds is 3. The van der Waals surface area contributed by atoms with Gasteiger partial charge in [-0.2, -0.15) is 0 Å². The average molecular weight is 211 g/mol. The van der Waals surface area contributed by atoms with Crippen molar-refractivity contribution in [2.75, 3.05) is 0 Å². The van der Waals surface area contributed by atoms with E-state index in [2.05, 4.69) is 6.92 Å². The zero-order valence-electron chi connectivity index (χ0n) is 9.46. The van der Waals surface area contributed by atoms with E-state index in [1.807, 2.05) is 0 Å². The van der Waals surface area contributed by atoms with Crippen LogP contribution < -0.4 is 5.73 Å². The number of fused-ring (bicyclic) bond motifs is 3. The zero-order chi connectivity index (χ0) is 11.1. The lowest BCUT2D eigenvalue weighted by atomic mass is 9.53. The summed E-state index contributed by atoms with van der Waals surface area (Å²) in [6.07, 6.45) is 7.01. The lowest BCUT2D eigenvalue weighted by Gasteiger charge is -2.54. The van der Waals surface area contributed by atoms with Gasteiger partial charge in [-0.05, 0) is 49.9 Å². The van der Waals surface area contributed by atoms with Gasteiger partial charge < -0.3 is 10.8 Å². The number of carbonyl (C=O) groups is 1. The molecule has 0 spiro atoms. The van der Waals surface area contributed by atoms with Crippen LogP contribution in [0.1, 0.15) is 51.9 Å². The lowest BCUT2D eigenvalue weighted by molar-refractivity contribution is -0.140. The number of carboxylic acid groups (broad SMARTS) is 1. The first-order valence-corrected chi connectivity index (χ1v) is 5.97. The Morgan fingerprint density at radius 1 is 1.27 bits per heavy atom. The number of hydrogen-bond acceptors (Lipinski definition) is 2. The van der Waals surface area contributed by atoms with Crippen LogP contribution in [-0.2, 0) is 4.79 Å². The minimum absolute atomic E-state index is 0.0880. The molecule has 1 atom stereocenters. The maximum Gasteiger partial charge on any atom is 0.303 e. The highest BCUT2D eigenvalue weighted by atomic mass is 16.4. The summed E-state index contributed by atoms with van der Waals surface area (Å²) in [5, 5.41) is 8.86. The molecule has 3 aliphatic rings. The fourth-order valence-corrected chi connectivity index (χ4v) is 3.46. The van der Waals surface area contributed by atoms with Crippen molar-refractivity contribution in [3.63, 3.8) is 0 Å². The van der Waals surface area contributed by atoms with Crippen molar-refractivity contribution >= 4 is 5.97 Å². The molecule has 3 heteroatoms. The van der Waals surface area contributed by atoms with Crippen molar-refractivity contribution in [3.05, 3.63) is 0 Å². The molecule has 0 aromatic heterocycles. The Balaban J connectivity index is 2.05. The number of carboxylic acids is 1. The van der Waals surface area contributed by atoms with E-state index in [0.717, 1.165) is 38.5 Å². The molecule has 3 nitrogen and oxygen atoms in total. The molecule has 0 amide bonds. The van der Waals surface area contributed by atoms with Gasteiger partial charge >= 0.3 is 5.97 Å². The van der Waals surface area contributed by atoms with Gasteiger partial charge in [-0.15, -0.1) is 0 Å². The quantitative estimate of drug-likeness (QED) is 0.751. The fraction of sp³-hybridized carbons (Fsp3) is 0.917. The number of nitrogens with two attached hydrogens (primary N) is 1. The molecule has 0 radical (unpaired) electrons. The van der Waals surface area contributed by atoms with Crippen LogP contribution >= 0.6 is 0 Å². The molecule has 3 N–H and O–H groups in total. The molecule has 3 saturated carbocycles. The Kier molecular flexibility index (Phi) is 2.53. The molecule has 2 bridgehead atoms. The Morgan fingerprint density at radius 2 is 1.73 bits per heavy atom. The van der Waals surface area contributed by atoms with E-state index >= 15 is 0 Å². The minimum atomic E-state index is -0.660. The van der Waals surface area contributed by atoms with Crippen molar-refractivity contribution < 1.29 is 9.90 Å². The summed E-state index contributed by atoms with van der Waals surface area (Å²) in [5.74, 6) is -0.355. The van der Waals surface area contributed by atoms with Gasteiger partial charge in [-0.25, -0.2) is 0 Å². The van der Waals surface area contributed by atoms with Gasteiger partial charge in [0.25, 0.3) is 0 Å². The molecule has 3 aliphatic carbocycles. The molecule has 3 rings (SSSR count). The van der Waals surface area contributed by atoms with Crippen LogP contribution in [0.5, 0.6) is 0 Å². The molecule has 0 unspecified atom stereocenters. The molecule has 0 heterocycles. The molecule has 0 aliphatic heterocycles. The van der Waals surface area contributed by atoms with Gasteiger partial charge in [0, 0.05) is 12.0 Å². The summed E-state index contributed by atoms with van der Waals surface area (Å²) in [4.78, 5) is 10.8. The third kappa shape index (κ3) is 1.89. The normalized spacial score (nSPS) is 41.5. The van der Waals surface area contributed by atoms with Crippen molar-refractivity contribution in [3.8, 4) is 0 Å². The molecule has 86 valence electrons. The predicted octanol–water partition coefficient (Wildman–Crippen LogP) is 2.15. The summed E-state index contributed by atoms with van der Waals surface area (Å²) >= 11 is 0. The molecule has 0 saturated heterocycles. The van der Waals surface area contributed by atoms with E-state index in [1.165, 1.54) is 0 Å². The van der Waals surface area contributed by atoms with Crippen molar-refractivity contribution in [2.45, 2.75) is 57.4 Å². The summed E-state index contributed by atoms with van der Waals surface area (Å²) < 4.78 is 0. The highest BCUT2D eigenvalue weighted by Gasteiger charge is 2.49. The highest BCUT2D eigenvalue weighted by molar-refractivity contribution is 5.67. The molecule has 0 aromatic carbocycles. The van der Waals surface area contributed by atoms with Crippen LogP contribution in [0, 0.1) is 11.3 Å². The van der Waals surface area contributed by atoms with Crippen molar-refractivity contribution in [2.24, 2.45) is 17.1 Å². The number of hydrogen-bond donors (Lipinski definition) is 2. The first kappa shape index (κ1) is 10.9. The summed E-state index contributed by atoms with van der Waals surface area (Å²) in [6.45, 7) is 2.10. The van der Waals surface area contributed by atoms with E-state index in [9.17, 15) is 4.79 Å². The van der Waals surface area contributed by atoms with Crippen LogP contribution in [0.15, 0.2) is 0 Å². The van der Waals surface area contributed by atoms with Gasteiger partial charge in [0.2, 0.25) is 0 Å². The van der Waals surface area contributed by atoms with E-state index in [1.54, 1.807) is 0 Å². The molecular weight excluding hydrogens is 190 g/mol. The average Bonchev–Trinajstić information content (AvgIpc) is 2.18. The van der Waals surface area contributed by atoms with Crippen molar-refractivity contribution in [1.82, 2.24) is 0 Å². The van der Waals surface area contributed by atoms with Gasteiger partial charge in [0.05, 0.1) is 0 Å². The highest BCUT2D eigenvalue weighted by Crippen LogP contribution is 2.55.